The van der Waals surface area contributed by atoms with E-state index in [-0.39, 0.29) is 5.91 Å². The van der Waals surface area contributed by atoms with Crippen molar-refractivity contribution in [3.8, 4) is 33.2 Å². The van der Waals surface area contributed by atoms with Gasteiger partial charge in [0.05, 0.1) is 24.1 Å². The van der Waals surface area contributed by atoms with Crippen molar-refractivity contribution in [2.45, 2.75) is 6.54 Å². The second kappa shape index (κ2) is 11.3. The first-order valence-electron chi connectivity index (χ1n) is 12.7. The summed E-state index contributed by atoms with van der Waals surface area (Å²) in [5.41, 5.74) is 11.4. The van der Waals surface area contributed by atoms with Gasteiger partial charge in [0.2, 0.25) is 0 Å². The first-order chi connectivity index (χ1) is 19.6. The lowest BCUT2D eigenvalue weighted by molar-refractivity contribution is 0.102. The van der Waals surface area contributed by atoms with Gasteiger partial charge in [0.25, 0.3) is 5.91 Å². The number of anilines is 2. The van der Waals surface area contributed by atoms with Crippen molar-refractivity contribution in [1.29, 1.82) is 0 Å². The van der Waals surface area contributed by atoms with Crippen LogP contribution < -0.4 is 15.8 Å². The Morgan fingerprint density at radius 3 is 2.35 bits per heavy atom. The lowest BCUT2D eigenvalue weighted by Crippen LogP contribution is -2.13. The van der Waals surface area contributed by atoms with Gasteiger partial charge in [0.15, 0.2) is 0 Å². The van der Waals surface area contributed by atoms with Crippen LogP contribution in [0.25, 0.3) is 21.7 Å². The van der Waals surface area contributed by atoms with E-state index in [2.05, 4.69) is 15.6 Å². The molecule has 1 amide bonds. The minimum absolute atomic E-state index is 0.232. The van der Waals surface area contributed by atoms with Gasteiger partial charge in [-0.3, -0.25) is 4.79 Å². The zero-order valence-electron chi connectivity index (χ0n) is 21.4. The van der Waals surface area contributed by atoms with Crippen LogP contribution in [-0.2, 0) is 6.54 Å². The summed E-state index contributed by atoms with van der Waals surface area (Å²) in [6.07, 6.45) is 1.89. The van der Waals surface area contributed by atoms with E-state index < -0.39 is 0 Å². The summed E-state index contributed by atoms with van der Waals surface area (Å²) in [6, 6.07) is 34.5. The highest BCUT2D eigenvalue weighted by molar-refractivity contribution is 7.13. The zero-order chi connectivity index (χ0) is 27.3. The first kappa shape index (κ1) is 25.1. The van der Waals surface area contributed by atoms with Crippen molar-refractivity contribution < 1.29 is 9.53 Å². The van der Waals surface area contributed by atoms with Crippen molar-refractivity contribution in [2.24, 2.45) is 0 Å². The number of nitrogens with one attached hydrogen (secondary N) is 1. The molecule has 0 atom stereocenters. The van der Waals surface area contributed by atoms with Crippen molar-refractivity contribution in [3.05, 3.63) is 132 Å². The molecule has 0 aliphatic rings. The summed E-state index contributed by atoms with van der Waals surface area (Å²) in [7, 11) is 0. The highest BCUT2D eigenvalue weighted by Crippen LogP contribution is 2.30. The van der Waals surface area contributed by atoms with E-state index in [4.69, 9.17) is 10.5 Å². The lowest BCUT2D eigenvalue weighted by Gasteiger charge is -2.10. The van der Waals surface area contributed by atoms with Gasteiger partial charge in [-0.15, -0.1) is 16.4 Å². The van der Waals surface area contributed by atoms with Gasteiger partial charge in [-0.25, -0.2) is 4.68 Å². The number of nitrogen functional groups attached to an aromatic ring is 1. The molecule has 0 aliphatic heterocycles. The average Bonchev–Trinajstić information content (AvgIpc) is 3.69. The summed E-state index contributed by atoms with van der Waals surface area (Å²) in [5, 5.41) is 13.5. The van der Waals surface area contributed by atoms with Crippen LogP contribution >= 0.6 is 11.3 Å². The minimum Gasteiger partial charge on any atom is -0.457 e. The number of nitrogens with zero attached hydrogens (tertiary/aromatic N) is 3. The van der Waals surface area contributed by atoms with Crippen LogP contribution in [-0.4, -0.2) is 20.9 Å². The fourth-order valence-electron chi connectivity index (χ4n) is 4.23. The van der Waals surface area contributed by atoms with Gasteiger partial charge in [-0.2, -0.15) is 0 Å². The van der Waals surface area contributed by atoms with Gasteiger partial charge in [-0.1, -0.05) is 59.8 Å². The molecule has 7 nitrogen and oxygen atoms in total. The van der Waals surface area contributed by atoms with Crippen molar-refractivity contribution in [1.82, 2.24) is 15.0 Å². The molecule has 0 bridgehead atoms. The number of ether oxygens (including phenoxy) is 1. The van der Waals surface area contributed by atoms with E-state index in [0.29, 0.717) is 23.5 Å². The Hall–Kier alpha value is -5.21. The molecule has 4 aromatic carbocycles. The molecule has 0 saturated heterocycles. The number of hydrogen-bond acceptors (Lipinski definition) is 6. The highest BCUT2D eigenvalue weighted by atomic mass is 32.1. The molecule has 6 rings (SSSR count). The number of carbonyl (C=O) groups is 1. The second-order valence-electron chi connectivity index (χ2n) is 9.17. The maximum absolute atomic E-state index is 12.9. The van der Waals surface area contributed by atoms with Crippen molar-refractivity contribution in [2.75, 3.05) is 11.1 Å². The molecule has 40 heavy (non-hydrogen) atoms. The number of rotatable bonds is 8. The first-order valence-corrected chi connectivity index (χ1v) is 13.6. The van der Waals surface area contributed by atoms with E-state index in [1.807, 2.05) is 109 Å². The Kier molecular flexibility index (Phi) is 7.07. The Bertz CT molecular complexity index is 1730. The normalized spacial score (nSPS) is 10.8. The third-order valence-corrected chi connectivity index (χ3v) is 7.25. The van der Waals surface area contributed by atoms with Crippen LogP contribution in [0.3, 0.4) is 0 Å². The molecule has 8 heteroatoms. The molecule has 6 aromatic rings. The molecule has 0 unspecified atom stereocenters. The Labute approximate surface area is 235 Å². The molecule has 3 N–H and O–H groups in total. The molecule has 2 aromatic heterocycles. The fourth-order valence-corrected chi connectivity index (χ4v) is 4.95. The molecule has 2 heterocycles. The molecular weight excluding hydrogens is 518 g/mol. The Morgan fingerprint density at radius 2 is 1.60 bits per heavy atom. The maximum atomic E-state index is 12.9. The van der Waals surface area contributed by atoms with Gasteiger partial charge in [-0.05, 0) is 71.1 Å². The van der Waals surface area contributed by atoms with Crippen LogP contribution in [0, 0.1) is 0 Å². The van der Waals surface area contributed by atoms with E-state index in [9.17, 15) is 4.79 Å². The number of carbonyl (C=O) groups excluding carboxylic acids is 1. The molecule has 0 fully saturated rings. The average molecular weight is 544 g/mol. The predicted molar refractivity (Wildman–Crippen MR) is 160 cm³/mol. The van der Waals surface area contributed by atoms with Crippen molar-refractivity contribution >= 4 is 28.6 Å². The summed E-state index contributed by atoms with van der Waals surface area (Å²) in [4.78, 5) is 14.1. The smallest absolute Gasteiger partial charge is 0.255 e. The molecule has 0 aliphatic carbocycles. The lowest BCUT2D eigenvalue weighted by atomic mass is 10.1. The quantitative estimate of drug-likeness (QED) is 0.196. The molecule has 0 radical (unpaired) electrons. The van der Waals surface area contributed by atoms with Crippen LogP contribution in [0.2, 0.25) is 0 Å². The largest absolute Gasteiger partial charge is 0.457 e. The monoisotopic (exact) mass is 543 g/mol. The summed E-state index contributed by atoms with van der Waals surface area (Å²) >= 11 is 1.64. The summed E-state index contributed by atoms with van der Waals surface area (Å²) in [6.45, 7) is 0.574. The minimum atomic E-state index is -0.232. The molecule has 0 saturated carbocycles. The number of benzene rings is 4. The summed E-state index contributed by atoms with van der Waals surface area (Å²) < 4.78 is 7.65. The number of amides is 1. The maximum Gasteiger partial charge on any atom is 0.255 e. The highest BCUT2D eigenvalue weighted by Gasteiger charge is 2.12. The van der Waals surface area contributed by atoms with Crippen LogP contribution in [0.15, 0.2) is 121 Å². The van der Waals surface area contributed by atoms with Gasteiger partial charge in [0.1, 0.15) is 17.2 Å². The van der Waals surface area contributed by atoms with E-state index in [1.165, 1.54) is 0 Å². The molecule has 0 spiro atoms. The Morgan fingerprint density at radius 1 is 0.850 bits per heavy atom. The van der Waals surface area contributed by atoms with Crippen LogP contribution in [0.5, 0.6) is 11.5 Å². The third kappa shape index (κ3) is 5.77. The number of hydrogen-bond donors (Lipinski definition) is 2. The number of thiophene rings is 1. The SMILES string of the molecule is Nc1ccc(-c2cccs2)cc1NC(=O)c1ccc(-c2cn(Cc3ccc(Oc4ccccc4)cc3)nn2)cc1. The number of nitrogens with two attached hydrogens (primary N) is 1. The fraction of sp³-hybridized carbons (Fsp3) is 0.0312. The second-order valence-corrected chi connectivity index (χ2v) is 10.1. The third-order valence-electron chi connectivity index (χ3n) is 6.34. The molecular formula is C32H25N5O2S. The van der Waals surface area contributed by atoms with E-state index in [0.717, 1.165) is 38.8 Å². The van der Waals surface area contributed by atoms with Gasteiger partial charge < -0.3 is 15.8 Å². The number of para-hydroxylation sites is 1. The summed E-state index contributed by atoms with van der Waals surface area (Å²) in [5.74, 6) is 1.34. The van der Waals surface area contributed by atoms with E-state index in [1.54, 1.807) is 28.2 Å². The molecule has 196 valence electrons. The van der Waals surface area contributed by atoms with E-state index >= 15 is 0 Å². The zero-order valence-corrected chi connectivity index (χ0v) is 22.2. The predicted octanol–water partition coefficient (Wildman–Crippen LogP) is 7.35. The Balaban J connectivity index is 1.09. The topological polar surface area (TPSA) is 95.1 Å². The van der Waals surface area contributed by atoms with Crippen LogP contribution in [0.4, 0.5) is 11.4 Å². The van der Waals surface area contributed by atoms with Gasteiger partial charge in [0, 0.05) is 16.0 Å². The van der Waals surface area contributed by atoms with Crippen LogP contribution in [0.1, 0.15) is 15.9 Å². The van der Waals surface area contributed by atoms with Crippen molar-refractivity contribution in [3.63, 3.8) is 0 Å². The number of aromatic nitrogens is 3. The van der Waals surface area contributed by atoms with Gasteiger partial charge >= 0.3 is 0 Å². The standard InChI is InChI=1S/C32H25N5O2S/c33-28-17-14-25(31-7-4-18-40-31)19-29(28)34-32(38)24-12-10-23(11-13-24)30-21-37(36-35-30)20-22-8-15-27(16-9-22)39-26-5-2-1-3-6-26/h1-19,21H,20,33H2,(H,34,38).